The molecule has 88 valence electrons. The number of benzene rings is 1. The first-order chi connectivity index (χ1) is 8.17. The third-order valence-corrected chi connectivity index (χ3v) is 2.26. The third-order valence-electron chi connectivity index (χ3n) is 2.02. The van der Waals surface area contributed by atoms with Crippen molar-refractivity contribution in [1.82, 2.24) is 0 Å². The van der Waals surface area contributed by atoms with Gasteiger partial charge in [-0.2, -0.15) is 0 Å². The van der Waals surface area contributed by atoms with Gasteiger partial charge in [-0.05, 0) is 12.1 Å². The SMILES string of the molecule is COC(=O)CC#Cc1ccc(C(=O)CCl)cc1. The summed E-state index contributed by atoms with van der Waals surface area (Å²) in [5.74, 6) is 4.95. The van der Waals surface area contributed by atoms with E-state index >= 15 is 0 Å². The van der Waals surface area contributed by atoms with Crippen molar-refractivity contribution in [2.24, 2.45) is 0 Å². The molecule has 0 fully saturated rings. The van der Waals surface area contributed by atoms with E-state index in [1.807, 2.05) is 0 Å². The zero-order valence-corrected chi connectivity index (χ0v) is 10.1. The van der Waals surface area contributed by atoms with Gasteiger partial charge in [0.2, 0.25) is 0 Å². The molecule has 0 aromatic heterocycles. The Morgan fingerprint density at radius 2 is 1.94 bits per heavy atom. The topological polar surface area (TPSA) is 43.4 Å². The number of alkyl halides is 1. The Labute approximate surface area is 105 Å². The van der Waals surface area contributed by atoms with Gasteiger partial charge in [0.15, 0.2) is 5.78 Å². The second-order valence-corrected chi connectivity index (χ2v) is 3.46. The molecule has 0 spiro atoms. The molecular formula is C13H11ClO3. The lowest BCUT2D eigenvalue weighted by molar-refractivity contribution is -0.139. The first kappa shape index (κ1) is 13.3. The molecule has 0 saturated carbocycles. The molecule has 0 aliphatic heterocycles. The molecule has 1 aromatic carbocycles. The van der Waals surface area contributed by atoms with Gasteiger partial charge in [0.05, 0.1) is 13.0 Å². The molecule has 0 atom stereocenters. The molecule has 4 heteroatoms. The lowest BCUT2D eigenvalue weighted by Crippen LogP contribution is -1.99. The minimum Gasteiger partial charge on any atom is -0.468 e. The zero-order valence-electron chi connectivity index (χ0n) is 9.33. The molecule has 0 N–H and O–H groups in total. The average Bonchev–Trinajstić information content (AvgIpc) is 2.38. The van der Waals surface area contributed by atoms with Crippen LogP contribution in [0.15, 0.2) is 24.3 Å². The molecule has 1 rings (SSSR count). The van der Waals surface area contributed by atoms with Crippen LogP contribution in [0.2, 0.25) is 0 Å². The van der Waals surface area contributed by atoms with E-state index in [4.69, 9.17) is 11.6 Å². The zero-order chi connectivity index (χ0) is 12.7. The molecule has 0 radical (unpaired) electrons. The molecule has 0 heterocycles. The van der Waals surface area contributed by atoms with Crippen LogP contribution in [0.5, 0.6) is 0 Å². The van der Waals surface area contributed by atoms with Gasteiger partial charge in [-0.15, -0.1) is 11.6 Å². The van der Waals surface area contributed by atoms with Crippen molar-refractivity contribution in [2.45, 2.75) is 6.42 Å². The Morgan fingerprint density at radius 1 is 1.29 bits per heavy atom. The van der Waals surface area contributed by atoms with Gasteiger partial charge >= 0.3 is 5.97 Å². The molecule has 3 nitrogen and oxygen atoms in total. The van der Waals surface area contributed by atoms with Gasteiger partial charge in [-0.25, -0.2) is 0 Å². The molecular weight excluding hydrogens is 240 g/mol. The second kappa shape index (κ2) is 6.72. The number of methoxy groups -OCH3 is 1. The summed E-state index contributed by atoms with van der Waals surface area (Å²) in [6.45, 7) is 0. The highest BCUT2D eigenvalue weighted by Gasteiger charge is 2.02. The van der Waals surface area contributed by atoms with Gasteiger partial charge in [0.25, 0.3) is 0 Å². The molecule has 0 aliphatic rings. The van der Waals surface area contributed by atoms with Crippen molar-refractivity contribution in [3.8, 4) is 11.8 Å². The fraction of sp³-hybridized carbons (Fsp3) is 0.231. The lowest BCUT2D eigenvalue weighted by Gasteiger charge is -1.96. The van der Waals surface area contributed by atoms with Crippen molar-refractivity contribution in [3.05, 3.63) is 35.4 Å². The quantitative estimate of drug-likeness (QED) is 0.357. The van der Waals surface area contributed by atoms with E-state index in [-0.39, 0.29) is 24.1 Å². The standard InChI is InChI=1S/C13H11ClO3/c1-17-13(16)4-2-3-10-5-7-11(8-6-10)12(15)9-14/h5-8H,4,9H2,1H3. The minimum atomic E-state index is -0.369. The van der Waals surface area contributed by atoms with Crippen LogP contribution >= 0.6 is 11.6 Å². The molecule has 0 aliphatic carbocycles. The van der Waals surface area contributed by atoms with Crippen LogP contribution in [0.25, 0.3) is 0 Å². The number of ether oxygens (including phenoxy) is 1. The number of carbonyl (C=O) groups excluding carboxylic acids is 2. The molecule has 1 aromatic rings. The van der Waals surface area contributed by atoms with E-state index in [2.05, 4.69) is 16.6 Å². The van der Waals surface area contributed by atoms with Crippen LogP contribution in [0.4, 0.5) is 0 Å². The summed E-state index contributed by atoms with van der Waals surface area (Å²) in [4.78, 5) is 22.0. The Kier molecular flexibility index (Phi) is 5.25. The van der Waals surface area contributed by atoms with Crippen molar-refractivity contribution in [3.63, 3.8) is 0 Å². The summed E-state index contributed by atoms with van der Waals surface area (Å²) in [5.41, 5.74) is 1.29. The second-order valence-electron chi connectivity index (χ2n) is 3.19. The maximum atomic E-state index is 11.2. The highest BCUT2D eigenvalue weighted by Crippen LogP contribution is 2.05. The van der Waals surface area contributed by atoms with Crippen molar-refractivity contribution >= 4 is 23.4 Å². The summed E-state index contributed by atoms with van der Waals surface area (Å²) in [5, 5.41) is 0. The van der Waals surface area contributed by atoms with E-state index in [9.17, 15) is 9.59 Å². The highest BCUT2D eigenvalue weighted by atomic mass is 35.5. The lowest BCUT2D eigenvalue weighted by atomic mass is 10.1. The minimum absolute atomic E-state index is 0.0344. The van der Waals surface area contributed by atoms with Gasteiger partial charge in [0.1, 0.15) is 6.42 Å². The Morgan fingerprint density at radius 3 is 2.47 bits per heavy atom. The van der Waals surface area contributed by atoms with E-state index in [1.54, 1.807) is 24.3 Å². The Hall–Kier alpha value is -1.79. The Balaban J connectivity index is 2.68. The van der Waals surface area contributed by atoms with E-state index < -0.39 is 0 Å². The molecule has 0 amide bonds. The van der Waals surface area contributed by atoms with Crippen LogP contribution in [0, 0.1) is 11.8 Å². The average molecular weight is 251 g/mol. The van der Waals surface area contributed by atoms with Crippen molar-refractivity contribution in [2.75, 3.05) is 13.0 Å². The number of rotatable bonds is 3. The van der Waals surface area contributed by atoms with E-state index in [1.165, 1.54) is 7.11 Å². The van der Waals surface area contributed by atoms with Gasteiger partial charge < -0.3 is 4.74 Å². The normalized spacial score (nSPS) is 9.06. The molecule has 0 unspecified atom stereocenters. The van der Waals surface area contributed by atoms with Gasteiger partial charge in [0, 0.05) is 11.1 Å². The van der Waals surface area contributed by atoms with Crippen LogP contribution in [-0.2, 0) is 9.53 Å². The van der Waals surface area contributed by atoms with Crippen molar-refractivity contribution in [1.29, 1.82) is 0 Å². The van der Waals surface area contributed by atoms with Crippen LogP contribution in [-0.4, -0.2) is 24.7 Å². The predicted molar refractivity (Wildman–Crippen MR) is 65.0 cm³/mol. The van der Waals surface area contributed by atoms with Crippen LogP contribution in [0.3, 0.4) is 0 Å². The summed E-state index contributed by atoms with van der Waals surface area (Å²) in [6, 6.07) is 6.74. The maximum Gasteiger partial charge on any atom is 0.317 e. The van der Waals surface area contributed by atoms with Crippen LogP contribution < -0.4 is 0 Å². The maximum absolute atomic E-state index is 11.2. The fourth-order valence-electron chi connectivity index (χ4n) is 1.11. The number of hydrogen-bond donors (Lipinski definition) is 0. The molecule has 17 heavy (non-hydrogen) atoms. The molecule has 0 bridgehead atoms. The summed E-state index contributed by atoms with van der Waals surface area (Å²) in [7, 11) is 1.32. The number of esters is 1. The van der Waals surface area contributed by atoms with Crippen molar-refractivity contribution < 1.29 is 14.3 Å². The largest absolute Gasteiger partial charge is 0.468 e. The first-order valence-electron chi connectivity index (χ1n) is 4.92. The number of hydrogen-bond acceptors (Lipinski definition) is 3. The number of ketones is 1. The number of carbonyl (C=O) groups is 2. The van der Waals surface area contributed by atoms with E-state index in [0.29, 0.717) is 5.56 Å². The van der Waals surface area contributed by atoms with Crippen LogP contribution in [0.1, 0.15) is 22.3 Å². The number of halogens is 1. The summed E-state index contributed by atoms with van der Waals surface area (Å²) >= 11 is 5.43. The smallest absolute Gasteiger partial charge is 0.317 e. The summed E-state index contributed by atoms with van der Waals surface area (Å²) in [6.07, 6.45) is 0.0544. The first-order valence-corrected chi connectivity index (χ1v) is 5.45. The third kappa shape index (κ3) is 4.29. The van der Waals surface area contributed by atoms with Gasteiger partial charge in [-0.3, -0.25) is 9.59 Å². The number of Topliss-reactive ketones (excluding diaryl/α,β-unsaturated/α-hetero) is 1. The highest BCUT2D eigenvalue weighted by molar-refractivity contribution is 6.30. The fourth-order valence-corrected chi connectivity index (χ4v) is 1.26. The summed E-state index contributed by atoms with van der Waals surface area (Å²) < 4.78 is 4.45. The van der Waals surface area contributed by atoms with Gasteiger partial charge in [-0.1, -0.05) is 24.0 Å². The molecule has 0 saturated heterocycles. The Bertz CT molecular complexity index is 466. The predicted octanol–water partition coefficient (Wildman–Crippen LogP) is 2.02. The monoisotopic (exact) mass is 250 g/mol. The van der Waals surface area contributed by atoms with E-state index in [0.717, 1.165) is 5.56 Å².